The van der Waals surface area contributed by atoms with E-state index in [0.29, 0.717) is 31.2 Å². The van der Waals surface area contributed by atoms with Crippen molar-refractivity contribution in [3.05, 3.63) is 53.4 Å². The van der Waals surface area contributed by atoms with Crippen molar-refractivity contribution in [1.82, 2.24) is 10.2 Å². The summed E-state index contributed by atoms with van der Waals surface area (Å²) in [6.07, 6.45) is 1.36. The molecule has 1 aliphatic rings. The molecule has 0 spiro atoms. The maximum atomic E-state index is 12.3. The first-order valence-corrected chi connectivity index (χ1v) is 9.62. The van der Waals surface area contributed by atoms with E-state index in [1.165, 1.54) is 19.3 Å². The van der Waals surface area contributed by atoms with Gasteiger partial charge < -0.3 is 24.3 Å². The van der Waals surface area contributed by atoms with Crippen molar-refractivity contribution >= 4 is 35.1 Å². The van der Waals surface area contributed by atoms with E-state index in [-0.39, 0.29) is 18.3 Å². The fourth-order valence-electron chi connectivity index (χ4n) is 2.99. The van der Waals surface area contributed by atoms with E-state index in [1.807, 2.05) is 24.3 Å². The van der Waals surface area contributed by atoms with Crippen LogP contribution in [-0.2, 0) is 14.3 Å². The van der Waals surface area contributed by atoms with Crippen molar-refractivity contribution in [2.24, 2.45) is 0 Å². The summed E-state index contributed by atoms with van der Waals surface area (Å²) >= 11 is 6.22. The van der Waals surface area contributed by atoms with Gasteiger partial charge in [0, 0.05) is 26.2 Å². The predicted octanol–water partition coefficient (Wildman–Crippen LogP) is 1.94. The molecule has 1 aliphatic heterocycles. The van der Waals surface area contributed by atoms with Crippen LogP contribution in [0.1, 0.15) is 17.5 Å². The first-order chi connectivity index (χ1) is 14.0. The lowest BCUT2D eigenvalue weighted by atomic mass is 10.2. The Morgan fingerprint density at radius 3 is 2.52 bits per heavy atom. The van der Waals surface area contributed by atoms with Crippen molar-refractivity contribution < 1.29 is 23.5 Å². The number of hydrogen-bond donors (Lipinski definition) is 1. The van der Waals surface area contributed by atoms with Crippen molar-refractivity contribution in [2.45, 2.75) is 13.0 Å². The van der Waals surface area contributed by atoms with E-state index >= 15 is 0 Å². The van der Waals surface area contributed by atoms with Crippen LogP contribution in [0.25, 0.3) is 0 Å². The van der Waals surface area contributed by atoms with Gasteiger partial charge in [0.2, 0.25) is 0 Å². The summed E-state index contributed by atoms with van der Waals surface area (Å²) in [5, 5.41) is 3.14. The SMILES string of the molecule is C[C@H](NC(=O)c1ccco1)C(=O)OCC(=O)N1CCN(c2ccccc2Cl)CC1. The number of anilines is 1. The van der Waals surface area contributed by atoms with Crippen LogP contribution in [-0.4, -0.2) is 61.5 Å². The number of carbonyl (C=O) groups excluding carboxylic acids is 3. The van der Waals surface area contributed by atoms with Crippen LogP contribution >= 0.6 is 11.6 Å². The van der Waals surface area contributed by atoms with Gasteiger partial charge in [0.25, 0.3) is 11.8 Å². The molecule has 1 atom stereocenters. The van der Waals surface area contributed by atoms with Gasteiger partial charge in [-0.2, -0.15) is 0 Å². The highest BCUT2D eigenvalue weighted by atomic mass is 35.5. The lowest BCUT2D eigenvalue weighted by Crippen LogP contribution is -2.50. The Labute approximate surface area is 173 Å². The first-order valence-electron chi connectivity index (χ1n) is 9.24. The smallest absolute Gasteiger partial charge is 0.328 e. The van der Waals surface area contributed by atoms with Gasteiger partial charge in [-0.05, 0) is 31.2 Å². The molecule has 1 saturated heterocycles. The summed E-state index contributed by atoms with van der Waals surface area (Å²) in [6, 6.07) is 9.72. The second-order valence-corrected chi connectivity index (χ2v) is 7.01. The number of nitrogens with zero attached hydrogens (tertiary/aromatic N) is 2. The molecule has 8 nitrogen and oxygen atoms in total. The first kappa shape index (κ1) is 20.7. The van der Waals surface area contributed by atoms with Crippen molar-refractivity contribution in [3.63, 3.8) is 0 Å². The summed E-state index contributed by atoms with van der Waals surface area (Å²) < 4.78 is 10.0. The monoisotopic (exact) mass is 419 g/mol. The van der Waals surface area contributed by atoms with E-state index in [4.69, 9.17) is 20.8 Å². The molecule has 2 amide bonds. The zero-order chi connectivity index (χ0) is 20.8. The van der Waals surface area contributed by atoms with E-state index in [2.05, 4.69) is 10.2 Å². The van der Waals surface area contributed by atoms with Crippen LogP contribution in [0.15, 0.2) is 47.1 Å². The number of hydrogen-bond acceptors (Lipinski definition) is 6. The molecule has 2 heterocycles. The van der Waals surface area contributed by atoms with Crippen LogP contribution in [0, 0.1) is 0 Å². The largest absolute Gasteiger partial charge is 0.459 e. The van der Waals surface area contributed by atoms with Crippen LogP contribution in [0.5, 0.6) is 0 Å². The lowest BCUT2D eigenvalue weighted by Gasteiger charge is -2.36. The highest BCUT2D eigenvalue weighted by Crippen LogP contribution is 2.26. The van der Waals surface area contributed by atoms with E-state index in [9.17, 15) is 14.4 Å². The number of esters is 1. The van der Waals surface area contributed by atoms with Gasteiger partial charge in [0.05, 0.1) is 17.0 Å². The average Bonchev–Trinajstić information content (AvgIpc) is 3.27. The molecule has 1 N–H and O–H groups in total. The van der Waals surface area contributed by atoms with Crippen LogP contribution < -0.4 is 10.2 Å². The number of halogens is 1. The Morgan fingerprint density at radius 1 is 1.14 bits per heavy atom. The third-order valence-corrected chi connectivity index (χ3v) is 4.93. The zero-order valence-electron chi connectivity index (χ0n) is 16.0. The van der Waals surface area contributed by atoms with E-state index in [0.717, 1.165) is 5.69 Å². The summed E-state index contributed by atoms with van der Waals surface area (Å²) in [4.78, 5) is 40.0. The third-order valence-electron chi connectivity index (χ3n) is 4.61. The topological polar surface area (TPSA) is 92.1 Å². The minimum absolute atomic E-state index is 0.0946. The lowest BCUT2D eigenvalue weighted by molar-refractivity contribution is -0.153. The van der Waals surface area contributed by atoms with Crippen LogP contribution in [0.3, 0.4) is 0 Å². The Kier molecular flexibility index (Phi) is 6.77. The number of para-hydroxylation sites is 1. The second-order valence-electron chi connectivity index (χ2n) is 6.60. The summed E-state index contributed by atoms with van der Waals surface area (Å²) in [5.74, 6) is -1.40. The fourth-order valence-corrected chi connectivity index (χ4v) is 3.24. The van der Waals surface area contributed by atoms with Crippen LogP contribution in [0.2, 0.25) is 5.02 Å². The number of carbonyl (C=O) groups is 3. The minimum Gasteiger partial charge on any atom is -0.459 e. The summed E-state index contributed by atoms with van der Waals surface area (Å²) in [7, 11) is 0. The van der Waals surface area contributed by atoms with Gasteiger partial charge in [-0.25, -0.2) is 4.79 Å². The van der Waals surface area contributed by atoms with Gasteiger partial charge in [-0.1, -0.05) is 23.7 Å². The van der Waals surface area contributed by atoms with E-state index in [1.54, 1.807) is 11.0 Å². The molecule has 154 valence electrons. The molecule has 1 fully saturated rings. The highest BCUT2D eigenvalue weighted by Gasteiger charge is 2.25. The molecule has 0 aliphatic carbocycles. The molecule has 29 heavy (non-hydrogen) atoms. The maximum Gasteiger partial charge on any atom is 0.328 e. The number of furan rings is 1. The Morgan fingerprint density at radius 2 is 1.86 bits per heavy atom. The molecule has 0 unspecified atom stereocenters. The van der Waals surface area contributed by atoms with Crippen LogP contribution in [0.4, 0.5) is 5.69 Å². The Bertz CT molecular complexity index is 863. The number of rotatable bonds is 6. The number of benzene rings is 1. The van der Waals surface area contributed by atoms with Gasteiger partial charge in [0.15, 0.2) is 12.4 Å². The minimum atomic E-state index is -0.905. The van der Waals surface area contributed by atoms with E-state index < -0.39 is 17.9 Å². The molecule has 0 radical (unpaired) electrons. The number of amides is 2. The van der Waals surface area contributed by atoms with Gasteiger partial charge in [-0.15, -0.1) is 0 Å². The molecule has 1 aromatic heterocycles. The van der Waals surface area contributed by atoms with Crippen molar-refractivity contribution in [1.29, 1.82) is 0 Å². The molecule has 0 bridgehead atoms. The molecule has 3 rings (SSSR count). The second kappa shape index (κ2) is 9.47. The molecule has 9 heteroatoms. The fraction of sp³-hybridized carbons (Fsp3) is 0.350. The maximum absolute atomic E-state index is 12.3. The van der Waals surface area contributed by atoms with Crippen molar-refractivity contribution in [2.75, 3.05) is 37.7 Å². The molecular formula is C20H22ClN3O5. The van der Waals surface area contributed by atoms with Crippen molar-refractivity contribution in [3.8, 4) is 0 Å². The zero-order valence-corrected chi connectivity index (χ0v) is 16.7. The third kappa shape index (κ3) is 5.29. The standard InChI is InChI=1S/C20H22ClN3O5/c1-14(22-19(26)17-7-4-12-28-17)20(27)29-13-18(25)24-10-8-23(9-11-24)16-6-3-2-5-15(16)21/h2-7,12,14H,8-11,13H2,1H3,(H,22,26)/t14-/m0/s1. The number of nitrogens with one attached hydrogen (secondary N) is 1. The highest BCUT2D eigenvalue weighted by molar-refractivity contribution is 6.33. The average molecular weight is 420 g/mol. The Balaban J connectivity index is 1.42. The van der Waals surface area contributed by atoms with Gasteiger partial charge >= 0.3 is 5.97 Å². The Hall–Kier alpha value is -3.00. The molecular weight excluding hydrogens is 398 g/mol. The molecule has 0 saturated carbocycles. The number of piperazine rings is 1. The normalized spacial score (nSPS) is 15.0. The quantitative estimate of drug-likeness (QED) is 0.719. The van der Waals surface area contributed by atoms with Gasteiger partial charge in [-0.3, -0.25) is 9.59 Å². The van der Waals surface area contributed by atoms with Gasteiger partial charge in [0.1, 0.15) is 6.04 Å². The summed E-state index contributed by atoms with van der Waals surface area (Å²) in [6.45, 7) is 3.40. The molecule has 1 aromatic carbocycles. The summed E-state index contributed by atoms with van der Waals surface area (Å²) in [5.41, 5.74) is 0.939. The molecule has 2 aromatic rings. The predicted molar refractivity (Wildman–Crippen MR) is 107 cm³/mol. The number of ether oxygens (including phenoxy) is 1.